The van der Waals surface area contributed by atoms with Gasteiger partial charge < -0.3 is 5.32 Å². The lowest BCUT2D eigenvalue weighted by molar-refractivity contribution is -0.111. The highest BCUT2D eigenvalue weighted by molar-refractivity contribution is 9.10. The van der Waals surface area contributed by atoms with Crippen molar-refractivity contribution in [1.29, 1.82) is 5.26 Å². The molecule has 3 rings (SSSR count). The Hall–Kier alpha value is -3.24. The van der Waals surface area contributed by atoms with Crippen molar-refractivity contribution in [2.24, 2.45) is 0 Å². The van der Waals surface area contributed by atoms with Crippen LogP contribution in [0.25, 0.3) is 11.8 Å². The predicted octanol–water partition coefficient (Wildman–Crippen LogP) is 4.49. The molecule has 1 N–H and O–H groups in total. The molecule has 27 heavy (non-hydrogen) atoms. The second-order valence-electron chi connectivity index (χ2n) is 5.67. The maximum absolute atomic E-state index is 14.3. The molecular weight excluding hydrogens is 411 g/mol. The van der Waals surface area contributed by atoms with Gasteiger partial charge in [0.1, 0.15) is 11.5 Å². The average Bonchev–Trinajstić information content (AvgIpc) is 3.08. The molecule has 0 aliphatic heterocycles. The highest BCUT2D eigenvalue weighted by Gasteiger charge is 2.06. The molecule has 1 heterocycles. The Morgan fingerprint density at radius 1 is 1.30 bits per heavy atom. The second kappa shape index (κ2) is 8.43. The Morgan fingerprint density at radius 2 is 2.07 bits per heavy atom. The number of halogens is 2. The number of rotatable bonds is 5. The minimum absolute atomic E-state index is 0.319. The van der Waals surface area contributed by atoms with Gasteiger partial charge in [0, 0.05) is 18.0 Å². The highest BCUT2D eigenvalue weighted by atomic mass is 79.9. The van der Waals surface area contributed by atoms with Crippen LogP contribution >= 0.6 is 15.9 Å². The van der Waals surface area contributed by atoms with Crippen LogP contribution in [0.4, 0.5) is 10.1 Å². The van der Waals surface area contributed by atoms with Gasteiger partial charge in [-0.25, -0.2) is 9.07 Å². The van der Waals surface area contributed by atoms with Crippen LogP contribution in [0.1, 0.15) is 11.1 Å². The molecular formula is C20H14BrFN4O. The summed E-state index contributed by atoms with van der Waals surface area (Å²) in [6.07, 6.45) is 6.42. The molecule has 0 radical (unpaired) electrons. The molecule has 2 aromatic carbocycles. The van der Waals surface area contributed by atoms with E-state index in [9.17, 15) is 9.18 Å². The van der Waals surface area contributed by atoms with E-state index >= 15 is 0 Å². The smallest absolute Gasteiger partial charge is 0.248 e. The number of nitrogens with zero attached hydrogens (tertiary/aromatic N) is 3. The largest absolute Gasteiger partial charge is 0.323 e. The van der Waals surface area contributed by atoms with E-state index in [2.05, 4.69) is 32.4 Å². The Labute approximate surface area is 163 Å². The Morgan fingerprint density at radius 3 is 2.70 bits per heavy atom. The van der Waals surface area contributed by atoms with E-state index in [1.807, 2.05) is 0 Å². The molecule has 0 aliphatic carbocycles. The summed E-state index contributed by atoms with van der Waals surface area (Å²) in [5.41, 5.74) is 2.38. The SMILES string of the molecule is N#CCc1ccc(NC(=O)/C=C/c2ccc(-n3cc(Br)cn3)c(F)c2)cc1. The Bertz CT molecular complexity index is 1030. The van der Waals surface area contributed by atoms with Crippen molar-refractivity contribution in [3.05, 3.63) is 82.4 Å². The zero-order valence-electron chi connectivity index (χ0n) is 14.1. The third-order valence-electron chi connectivity index (χ3n) is 3.70. The molecule has 0 aliphatic rings. The second-order valence-corrected chi connectivity index (χ2v) is 6.58. The number of carbonyl (C=O) groups excluding carboxylic acids is 1. The zero-order chi connectivity index (χ0) is 19.2. The molecule has 134 valence electrons. The molecule has 7 heteroatoms. The molecule has 5 nitrogen and oxygen atoms in total. The molecule has 0 bridgehead atoms. The first-order valence-corrected chi connectivity index (χ1v) is 8.79. The van der Waals surface area contributed by atoms with E-state index in [1.54, 1.807) is 48.8 Å². The van der Waals surface area contributed by atoms with Gasteiger partial charge in [-0.3, -0.25) is 4.79 Å². The van der Waals surface area contributed by atoms with Crippen LogP contribution in [-0.2, 0) is 11.2 Å². The van der Waals surface area contributed by atoms with E-state index in [4.69, 9.17) is 5.26 Å². The Balaban J connectivity index is 1.65. The lowest BCUT2D eigenvalue weighted by Crippen LogP contribution is -2.07. The highest BCUT2D eigenvalue weighted by Crippen LogP contribution is 2.18. The van der Waals surface area contributed by atoms with Gasteiger partial charge in [0.15, 0.2) is 0 Å². The fraction of sp³-hybridized carbons (Fsp3) is 0.0500. The molecule has 1 amide bonds. The van der Waals surface area contributed by atoms with Crippen LogP contribution in [0.2, 0.25) is 0 Å². The average molecular weight is 425 g/mol. The number of anilines is 1. The van der Waals surface area contributed by atoms with Gasteiger partial charge in [-0.2, -0.15) is 10.4 Å². The van der Waals surface area contributed by atoms with Gasteiger partial charge in [0.25, 0.3) is 0 Å². The standard InChI is InChI=1S/C20H14BrFN4O/c21-16-12-24-26(13-16)19-7-3-15(11-18(19)22)4-8-20(27)25-17-5-1-14(2-6-17)9-10-23/h1-8,11-13H,9H2,(H,25,27)/b8-4+. The van der Waals surface area contributed by atoms with Crippen molar-refractivity contribution in [2.45, 2.75) is 6.42 Å². The molecule has 1 aromatic heterocycles. The summed E-state index contributed by atoms with van der Waals surface area (Å²) in [5.74, 6) is -0.773. The maximum Gasteiger partial charge on any atom is 0.248 e. The summed E-state index contributed by atoms with van der Waals surface area (Å²) in [6.45, 7) is 0. The van der Waals surface area contributed by atoms with Gasteiger partial charge in [0.05, 0.1) is 23.2 Å². The molecule has 0 saturated heterocycles. The third kappa shape index (κ3) is 4.90. The summed E-state index contributed by atoms with van der Waals surface area (Å²) in [5, 5.41) is 15.4. The van der Waals surface area contributed by atoms with E-state index in [-0.39, 0.29) is 5.91 Å². The zero-order valence-corrected chi connectivity index (χ0v) is 15.6. The molecule has 0 atom stereocenters. The number of nitrogens with one attached hydrogen (secondary N) is 1. The van der Waals surface area contributed by atoms with E-state index < -0.39 is 5.82 Å². The van der Waals surface area contributed by atoms with Crippen LogP contribution in [0, 0.1) is 17.1 Å². The Kier molecular flexibility index (Phi) is 5.79. The molecule has 0 saturated carbocycles. The molecule has 3 aromatic rings. The van der Waals surface area contributed by atoms with E-state index in [0.29, 0.717) is 23.4 Å². The first kappa shape index (κ1) is 18.5. The van der Waals surface area contributed by atoms with Crippen molar-refractivity contribution >= 4 is 33.6 Å². The monoisotopic (exact) mass is 424 g/mol. The number of hydrogen-bond donors (Lipinski definition) is 1. The summed E-state index contributed by atoms with van der Waals surface area (Å²) in [7, 11) is 0. The minimum Gasteiger partial charge on any atom is -0.323 e. The fourth-order valence-corrected chi connectivity index (χ4v) is 2.68. The van der Waals surface area contributed by atoms with Crippen LogP contribution < -0.4 is 5.32 Å². The quantitative estimate of drug-likeness (QED) is 0.613. The minimum atomic E-state index is -0.443. The summed E-state index contributed by atoms with van der Waals surface area (Å²) in [4.78, 5) is 12.0. The van der Waals surface area contributed by atoms with E-state index in [0.717, 1.165) is 10.0 Å². The van der Waals surface area contributed by atoms with Crippen molar-refractivity contribution in [2.75, 3.05) is 5.32 Å². The number of benzene rings is 2. The fourth-order valence-electron chi connectivity index (χ4n) is 2.40. The first-order chi connectivity index (χ1) is 13.0. The van der Waals surface area contributed by atoms with Crippen LogP contribution in [0.3, 0.4) is 0 Å². The summed E-state index contributed by atoms with van der Waals surface area (Å²) in [6, 6.07) is 13.7. The lowest BCUT2D eigenvalue weighted by atomic mass is 10.1. The van der Waals surface area contributed by atoms with Crippen LogP contribution in [0.5, 0.6) is 0 Å². The van der Waals surface area contributed by atoms with Gasteiger partial charge in [-0.15, -0.1) is 0 Å². The van der Waals surface area contributed by atoms with Crippen molar-refractivity contribution in [3.8, 4) is 11.8 Å². The van der Waals surface area contributed by atoms with Gasteiger partial charge >= 0.3 is 0 Å². The van der Waals surface area contributed by atoms with E-state index in [1.165, 1.54) is 22.9 Å². The topological polar surface area (TPSA) is 70.7 Å². The van der Waals surface area contributed by atoms with Gasteiger partial charge in [0.2, 0.25) is 5.91 Å². The predicted molar refractivity (Wildman–Crippen MR) is 105 cm³/mol. The maximum atomic E-state index is 14.3. The molecule has 0 unspecified atom stereocenters. The lowest BCUT2D eigenvalue weighted by Gasteiger charge is -2.04. The number of amides is 1. The third-order valence-corrected chi connectivity index (χ3v) is 4.11. The van der Waals surface area contributed by atoms with Crippen molar-refractivity contribution in [3.63, 3.8) is 0 Å². The summed E-state index contributed by atoms with van der Waals surface area (Å²) >= 11 is 3.27. The van der Waals surface area contributed by atoms with Crippen molar-refractivity contribution < 1.29 is 9.18 Å². The number of nitriles is 1. The van der Waals surface area contributed by atoms with Crippen LogP contribution in [-0.4, -0.2) is 15.7 Å². The van der Waals surface area contributed by atoms with Crippen LogP contribution in [0.15, 0.2) is 65.4 Å². The molecule has 0 fully saturated rings. The van der Waals surface area contributed by atoms with Crippen molar-refractivity contribution in [1.82, 2.24) is 9.78 Å². The number of aromatic nitrogens is 2. The first-order valence-electron chi connectivity index (χ1n) is 8.00. The number of hydrogen-bond acceptors (Lipinski definition) is 3. The molecule has 0 spiro atoms. The van der Waals surface area contributed by atoms with Gasteiger partial charge in [-0.05, 0) is 57.4 Å². The summed E-state index contributed by atoms with van der Waals surface area (Å²) < 4.78 is 16.5. The van der Waals surface area contributed by atoms with Gasteiger partial charge in [-0.1, -0.05) is 18.2 Å². The number of carbonyl (C=O) groups is 1. The normalized spacial score (nSPS) is 10.7.